The Balaban J connectivity index is 1.42. The summed E-state index contributed by atoms with van der Waals surface area (Å²) in [5.74, 6) is 0.127. The summed E-state index contributed by atoms with van der Waals surface area (Å²) in [4.78, 5) is 33.0. The lowest BCUT2D eigenvalue weighted by atomic mass is 10.1. The molecule has 1 aliphatic heterocycles. The quantitative estimate of drug-likeness (QED) is 0.789. The highest BCUT2D eigenvalue weighted by molar-refractivity contribution is 7.09. The van der Waals surface area contributed by atoms with E-state index < -0.39 is 0 Å². The van der Waals surface area contributed by atoms with E-state index in [1.165, 1.54) is 16.9 Å². The van der Waals surface area contributed by atoms with Crippen molar-refractivity contribution in [3.8, 4) is 0 Å². The number of nitrogens with zero attached hydrogens (tertiary/aromatic N) is 3. The maximum absolute atomic E-state index is 12.6. The SMILES string of the molecule is NCCc1nc(C(=O)N2CCN(C(=O)CCCc3ccccc3)CC2)cs1. The fourth-order valence-corrected chi connectivity index (χ4v) is 4.00. The molecule has 144 valence electrons. The number of thiazole rings is 1. The lowest BCUT2D eigenvalue weighted by Crippen LogP contribution is -2.50. The molecule has 0 saturated carbocycles. The van der Waals surface area contributed by atoms with Gasteiger partial charge in [-0.05, 0) is 24.9 Å². The number of aryl methyl sites for hydroxylation is 1. The molecular formula is C20H26N4O2S. The van der Waals surface area contributed by atoms with E-state index in [1.54, 1.807) is 10.3 Å². The summed E-state index contributed by atoms with van der Waals surface area (Å²) < 4.78 is 0. The van der Waals surface area contributed by atoms with Crippen molar-refractivity contribution in [3.63, 3.8) is 0 Å². The largest absolute Gasteiger partial charge is 0.339 e. The van der Waals surface area contributed by atoms with Crippen molar-refractivity contribution in [2.45, 2.75) is 25.7 Å². The third-order valence-corrected chi connectivity index (χ3v) is 5.66. The molecule has 1 aliphatic rings. The number of piperazine rings is 1. The van der Waals surface area contributed by atoms with Crippen molar-refractivity contribution >= 4 is 23.2 Å². The van der Waals surface area contributed by atoms with Crippen LogP contribution in [-0.4, -0.2) is 59.3 Å². The summed E-state index contributed by atoms with van der Waals surface area (Å²) in [5, 5.41) is 2.70. The highest BCUT2D eigenvalue weighted by Gasteiger charge is 2.25. The molecule has 27 heavy (non-hydrogen) atoms. The van der Waals surface area contributed by atoms with Gasteiger partial charge in [0.05, 0.1) is 5.01 Å². The Morgan fingerprint density at radius 2 is 1.74 bits per heavy atom. The molecule has 2 aromatic rings. The first-order valence-electron chi connectivity index (χ1n) is 9.43. The van der Waals surface area contributed by atoms with Gasteiger partial charge in [0.2, 0.25) is 5.91 Å². The van der Waals surface area contributed by atoms with Gasteiger partial charge in [0, 0.05) is 44.4 Å². The molecule has 1 saturated heterocycles. The molecular weight excluding hydrogens is 360 g/mol. The molecule has 0 unspecified atom stereocenters. The van der Waals surface area contributed by atoms with Gasteiger partial charge in [0.25, 0.3) is 5.91 Å². The monoisotopic (exact) mass is 386 g/mol. The summed E-state index contributed by atoms with van der Waals surface area (Å²) in [6.45, 7) is 2.84. The van der Waals surface area contributed by atoms with E-state index in [9.17, 15) is 9.59 Å². The third-order valence-electron chi connectivity index (χ3n) is 4.75. The van der Waals surface area contributed by atoms with Gasteiger partial charge in [-0.15, -0.1) is 11.3 Å². The van der Waals surface area contributed by atoms with Crippen molar-refractivity contribution in [2.75, 3.05) is 32.7 Å². The van der Waals surface area contributed by atoms with E-state index in [1.807, 2.05) is 23.1 Å². The number of rotatable bonds is 7. The van der Waals surface area contributed by atoms with Crippen molar-refractivity contribution in [2.24, 2.45) is 5.73 Å². The normalized spacial score (nSPS) is 14.4. The fraction of sp³-hybridized carbons (Fsp3) is 0.450. The average Bonchev–Trinajstić information content (AvgIpc) is 3.17. The average molecular weight is 387 g/mol. The van der Waals surface area contributed by atoms with Gasteiger partial charge in [-0.25, -0.2) is 4.98 Å². The Hall–Kier alpha value is -2.25. The molecule has 0 bridgehead atoms. The number of carbonyl (C=O) groups excluding carboxylic acids is 2. The Bertz CT molecular complexity index is 754. The van der Waals surface area contributed by atoms with Crippen molar-refractivity contribution in [1.29, 1.82) is 0 Å². The van der Waals surface area contributed by atoms with Gasteiger partial charge in [0.1, 0.15) is 5.69 Å². The number of aromatic nitrogens is 1. The van der Waals surface area contributed by atoms with Crippen LogP contribution in [0, 0.1) is 0 Å². The molecule has 2 amide bonds. The van der Waals surface area contributed by atoms with Crippen LogP contribution in [0.25, 0.3) is 0 Å². The molecule has 2 heterocycles. The maximum Gasteiger partial charge on any atom is 0.273 e. The number of benzene rings is 1. The third kappa shape index (κ3) is 5.37. The zero-order valence-electron chi connectivity index (χ0n) is 15.5. The first kappa shape index (κ1) is 19.5. The fourth-order valence-electron chi connectivity index (χ4n) is 3.21. The van der Waals surface area contributed by atoms with Crippen LogP contribution in [0.15, 0.2) is 35.7 Å². The van der Waals surface area contributed by atoms with Crippen LogP contribution in [0.1, 0.15) is 33.9 Å². The Morgan fingerprint density at radius 1 is 1.04 bits per heavy atom. The Kier molecular flexibility index (Phi) is 6.95. The van der Waals surface area contributed by atoms with E-state index in [0.717, 1.165) is 17.8 Å². The molecule has 7 heteroatoms. The van der Waals surface area contributed by atoms with Crippen LogP contribution in [0.5, 0.6) is 0 Å². The lowest BCUT2D eigenvalue weighted by Gasteiger charge is -2.34. The summed E-state index contributed by atoms with van der Waals surface area (Å²) in [6, 6.07) is 10.2. The van der Waals surface area contributed by atoms with E-state index in [2.05, 4.69) is 17.1 Å². The van der Waals surface area contributed by atoms with Gasteiger partial charge in [0.15, 0.2) is 0 Å². The minimum Gasteiger partial charge on any atom is -0.339 e. The van der Waals surface area contributed by atoms with Crippen molar-refractivity contribution in [1.82, 2.24) is 14.8 Å². The first-order chi connectivity index (χ1) is 13.2. The van der Waals surface area contributed by atoms with Gasteiger partial charge in [-0.1, -0.05) is 30.3 Å². The molecule has 2 N–H and O–H groups in total. The van der Waals surface area contributed by atoms with Gasteiger partial charge >= 0.3 is 0 Å². The van der Waals surface area contributed by atoms with Crippen LogP contribution in [0.3, 0.4) is 0 Å². The number of hydrogen-bond acceptors (Lipinski definition) is 5. The standard InChI is InChI=1S/C20H26N4O2S/c21-10-9-18-22-17(15-27-18)20(26)24-13-11-23(12-14-24)19(25)8-4-7-16-5-2-1-3-6-16/h1-3,5-6,15H,4,7-14,21H2. The Labute approximate surface area is 164 Å². The van der Waals surface area contributed by atoms with Crippen LogP contribution in [0.4, 0.5) is 0 Å². The van der Waals surface area contributed by atoms with E-state index >= 15 is 0 Å². The minimum atomic E-state index is -0.0503. The molecule has 0 radical (unpaired) electrons. The summed E-state index contributed by atoms with van der Waals surface area (Å²) in [7, 11) is 0. The molecule has 0 aliphatic carbocycles. The van der Waals surface area contributed by atoms with Crippen LogP contribution < -0.4 is 5.73 Å². The highest BCUT2D eigenvalue weighted by Crippen LogP contribution is 2.14. The second-order valence-corrected chi connectivity index (χ2v) is 7.62. The zero-order chi connectivity index (χ0) is 19.1. The van der Waals surface area contributed by atoms with Gasteiger partial charge in [-0.2, -0.15) is 0 Å². The maximum atomic E-state index is 12.6. The zero-order valence-corrected chi connectivity index (χ0v) is 16.3. The van der Waals surface area contributed by atoms with E-state index in [4.69, 9.17) is 5.73 Å². The van der Waals surface area contributed by atoms with Crippen LogP contribution in [-0.2, 0) is 17.6 Å². The van der Waals surface area contributed by atoms with Gasteiger partial charge in [-0.3, -0.25) is 9.59 Å². The molecule has 3 rings (SSSR count). The highest BCUT2D eigenvalue weighted by atomic mass is 32.1. The number of hydrogen-bond donors (Lipinski definition) is 1. The predicted octanol–water partition coefficient (Wildman–Crippen LogP) is 1.95. The molecule has 0 spiro atoms. The van der Waals surface area contributed by atoms with Crippen LogP contribution in [0.2, 0.25) is 0 Å². The Morgan fingerprint density at radius 3 is 2.44 bits per heavy atom. The van der Waals surface area contributed by atoms with Crippen molar-refractivity contribution < 1.29 is 9.59 Å². The van der Waals surface area contributed by atoms with Crippen LogP contribution >= 0.6 is 11.3 Å². The first-order valence-corrected chi connectivity index (χ1v) is 10.3. The predicted molar refractivity (Wildman–Crippen MR) is 107 cm³/mol. The number of nitrogens with two attached hydrogens (primary N) is 1. The molecule has 1 aromatic carbocycles. The summed E-state index contributed by atoms with van der Waals surface area (Å²) in [5.41, 5.74) is 7.29. The van der Waals surface area contributed by atoms with Crippen molar-refractivity contribution in [3.05, 3.63) is 52.0 Å². The van der Waals surface area contributed by atoms with E-state index in [0.29, 0.717) is 51.3 Å². The summed E-state index contributed by atoms with van der Waals surface area (Å²) >= 11 is 1.48. The number of carbonyl (C=O) groups is 2. The topological polar surface area (TPSA) is 79.5 Å². The smallest absolute Gasteiger partial charge is 0.273 e. The number of amides is 2. The molecule has 0 atom stereocenters. The van der Waals surface area contributed by atoms with E-state index in [-0.39, 0.29) is 11.8 Å². The second-order valence-electron chi connectivity index (χ2n) is 6.68. The molecule has 6 nitrogen and oxygen atoms in total. The molecule has 1 fully saturated rings. The van der Waals surface area contributed by atoms with Gasteiger partial charge < -0.3 is 15.5 Å². The molecule has 1 aromatic heterocycles. The lowest BCUT2D eigenvalue weighted by molar-refractivity contribution is -0.132. The second kappa shape index (κ2) is 9.62. The minimum absolute atomic E-state index is 0.0503. The summed E-state index contributed by atoms with van der Waals surface area (Å²) in [6.07, 6.45) is 3.02.